The summed E-state index contributed by atoms with van der Waals surface area (Å²) in [5.74, 6) is -1.34. The van der Waals surface area contributed by atoms with Crippen LogP contribution in [0.5, 0.6) is 5.75 Å². The lowest BCUT2D eigenvalue weighted by molar-refractivity contribution is -0.139. The van der Waals surface area contributed by atoms with E-state index in [0.29, 0.717) is 23.1 Å². The zero-order valence-electron chi connectivity index (χ0n) is 16.4. The minimum Gasteiger partial charge on any atom is -0.425 e. The maximum atomic E-state index is 13.5. The molecule has 0 saturated heterocycles. The van der Waals surface area contributed by atoms with Crippen LogP contribution < -0.4 is 15.7 Å². The normalized spacial score (nSPS) is 13.7. The zero-order chi connectivity index (χ0) is 21.3. The summed E-state index contributed by atoms with van der Waals surface area (Å²) in [5, 5.41) is 3.37. The lowest BCUT2D eigenvalue weighted by Gasteiger charge is -2.17. The number of halogens is 1. The van der Waals surface area contributed by atoms with E-state index in [0.717, 1.165) is 23.8 Å². The van der Waals surface area contributed by atoms with Crippen LogP contribution in [-0.2, 0) is 28.9 Å². The van der Waals surface area contributed by atoms with Gasteiger partial charge in [0.25, 0.3) is 0 Å². The number of aryl methyl sites for hydroxylation is 1. The van der Waals surface area contributed by atoms with Crippen molar-refractivity contribution in [3.63, 3.8) is 0 Å². The van der Waals surface area contributed by atoms with Gasteiger partial charge in [-0.25, -0.2) is 14.0 Å². The van der Waals surface area contributed by atoms with Crippen LogP contribution in [-0.4, -0.2) is 17.9 Å². The number of carbonyl (C=O) groups excluding carboxylic acids is 2. The molecule has 2 aromatic carbocycles. The summed E-state index contributed by atoms with van der Waals surface area (Å²) in [4.78, 5) is 36.4. The molecule has 154 valence electrons. The molecule has 1 atom stereocenters. The number of hydrogen-bond acceptors (Lipinski definition) is 5. The minimum atomic E-state index is -0.993. The van der Waals surface area contributed by atoms with Crippen molar-refractivity contribution >= 4 is 22.8 Å². The van der Waals surface area contributed by atoms with Crippen molar-refractivity contribution in [2.24, 2.45) is 0 Å². The van der Waals surface area contributed by atoms with Crippen LogP contribution in [0.1, 0.15) is 30.0 Å². The summed E-state index contributed by atoms with van der Waals surface area (Å²) in [6, 6.07) is 9.70. The van der Waals surface area contributed by atoms with Gasteiger partial charge < -0.3 is 14.5 Å². The Bertz CT molecular complexity index is 1200. The van der Waals surface area contributed by atoms with Crippen LogP contribution >= 0.6 is 0 Å². The second-order valence-corrected chi connectivity index (χ2v) is 7.37. The monoisotopic (exact) mass is 409 g/mol. The van der Waals surface area contributed by atoms with Crippen molar-refractivity contribution in [1.29, 1.82) is 0 Å². The van der Waals surface area contributed by atoms with E-state index in [2.05, 4.69) is 5.32 Å². The molecule has 1 amide bonds. The maximum absolute atomic E-state index is 13.5. The summed E-state index contributed by atoms with van der Waals surface area (Å²) in [6.07, 6.45) is 2.51. The van der Waals surface area contributed by atoms with Crippen LogP contribution in [0.2, 0.25) is 0 Å². The average molecular weight is 409 g/mol. The molecule has 3 aromatic rings. The van der Waals surface area contributed by atoms with Gasteiger partial charge in [-0.2, -0.15) is 0 Å². The van der Waals surface area contributed by atoms with Crippen molar-refractivity contribution in [2.75, 3.05) is 0 Å². The number of esters is 1. The average Bonchev–Trinajstić information content (AvgIpc) is 3.18. The van der Waals surface area contributed by atoms with Gasteiger partial charge in [-0.05, 0) is 54.7 Å². The number of fused-ring (bicyclic) bond motifs is 3. The molecule has 1 aliphatic carbocycles. The first-order chi connectivity index (χ1) is 14.4. The Kier molecular flexibility index (Phi) is 5.35. The standard InChI is InChI=1S/C23H20FNO5/c1-13(26)25-20(11-14-4-2-5-15(24)10-14)23(28)29-16-8-9-18-17-6-3-7-19(17)22(27)30-21(18)12-16/h2,4-5,8-10,12,20H,3,6-7,11H2,1H3,(H,25,26)/t20-/m1/s1. The molecule has 4 rings (SSSR count). The lowest BCUT2D eigenvalue weighted by atomic mass is 10.1. The highest BCUT2D eigenvalue weighted by atomic mass is 19.1. The fourth-order valence-corrected chi connectivity index (χ4v) is 3.85. The van der Waals surface area contributed by atoms with Crippen LogP contribution in [0.4, 0.5) is 4.39 Å². The van der Waals surface area contributed by atoms with Gasteiger partial charge in [0, 0.05) is 30.4 Å². The fraction of sp³-hybridized carbons (Fsp3) is 0.261. The Morgan fingerprint density at radius 1 is 1.17 bits per heavy atom. The highest BCUT2D eigenvalue weighted by molar-refractivity contribution is 5.87. The van der Waals surface area contributed by atoms with E-state index in [1.165, 1.54) is 31.2 Å². The largest absolute Gasteiger partial charge is 0.425 e. The number of amides is 1. The minimum absolute atomic E-state index is 0.0757. The van der Waals surface area contributed by atoms with Crippen molar-refractivity contribution < 1.29 is 23.1 Å². The molecule has 30 heavy (non-hydrogen) atoms. The topological polar surface area (TPSA) is 85.6 Å². The molecule has 0 radical (unpaired) electrons. The lowest BCUT2D eigenvalue weighted by Crippen LogP contribution is -2.43. The van der Waals surface area contributed by atoms with Crippen LogP contribution in [0, 0.1) is 5.82 Å². The van der Waals surface area contributed by atoms with Gasteiger partial charge in [0.2, 0.25) is 5.91 Å². The van der Waals surface area contributed by atoms with E-state index < -0.39 is 23.7 Å². The molecule has 1 aromatic heterocycles. The summed E-state index contributed by atoms with van der Waals surface area (Å²) in [6.45, 7) is 1.29. The zero-order valence-corrected chi connectivity index (χ0v) is 16.4. The molecule has 1 aliphatic rings. The Labute approximate surface area is 171 Å². The summed E-state index contributed by atoms with van der Waals surface area (Å²) >= 11 is 0. The third-order valence-corrected chi connectivity index (χ3v) is 5.15. The highest BCUT2D eigenvalue weighted by Crippen LogP contribution is 2.29. The van der Waals surface area contributed by atoms with Gasteiger partial charge >= 0.3 is 11.6 Å². The summed E-state index contributed by atoms with van der Waals surface area (Å²) in [7, 11) is 0. The van der Waals surface area contributed by atoms with Crippen LogP contribution in [0.25, 0.3) is 11.0 Å². The van der Waals surface area contributed by atoms with E-state index in [1.807, 2.05) is 0 Å². The van der Waals surface area contributed by atoms with E-state index in [1.54, 1.807) is 18.2 Å². The van der Waals surface area contributed by atoms with E-state index in [4.69, 9.17) is 9.15 Å². The van der Waals surface area contributed by atoms with Gasteiger partial charge in [-0.3, -0.25) is 4.79 Å². The van der Waals surface area contributed by atoms with Crippen molar-refractivity contribution in [3.8, 4) is 5.75 Å². The number of nitrogens with one attached hydrogen (secondary N) is 1. The number of hydrogen-bond donors (Lipinski definition) is 1. The van der Waals surface area contributed by atoms with Gasteiger partial charge in [-0.1, -0.05) is 12.1 Å². The van der Waals surface area contributed by atoms with Gasteiger partial charge in [0.15, 0.2) is 0 Å². The molecule has 7 heteroatoms. The van der Waals surface area contributed by atoms with E-state index in [9.17, 15) is 18.8 Å². The third-order valence-electron chi connectivity index (χ3n) is 5.15. The predicted molar refractivity (Wildman–Crippen MR) is 108 cm³/mol. The van der Waals surface area contributed by atoms with Crippen molar-refractivity contribution in [2.45, 2.75) is 38.6 Å². The van der Waals surface area contributed by atoms with Gasteiger partial charge in [-0.15, -0.1) is 0 Å². The molecular formula is C23H20FNO5. The first-order valence-corrected chi connectivity index (χ1v) is 9.72. The van der Waals surface area contributed by atoms with Crippen molar-refractivity contribution in [1.82, 2.24) is 5.32 Å². The quantitative estimate of drug-likeness (QED) is 0.398. The Morgan fingerprint density at radius 3 is 2.73 bits per heavy atom. The first-order valence-electron chi connectivity index (χ1n) is 9.72. The number of benzene rings is 2. The fourth-order valence-electron chi connectivity index (χ4n) is 3.85. The molecule has 0 spiro atoms. The summed E-state index contributed by atoms with van der Waals surface area (Å²) in [5.41, 5.74) is 2.24. The number of rotatable bonds is 5. The highest BCUT2D eigenvalue weighted by Gasteiger charge is 2.24. The smallest absolute Gasteiger partial charge is 0.339 e. The molecular weight excluding hydrogens is 389 g/mol. The molecule has 6 nitrogen and oxygen atoms in total. The summed E-state index contributed by atoms with van der Waals surface area (Å²) < 4.78 is 24.3. The molecule has 0 bridgehead atoms. The van der Waals surface area contributed by atoms with Crippen LogP contribution in [0.3, 0.4) is 0 Å². The Morgan fingerprint density at radius 2 is 1.97 bits per heavy atom. The van der Waals surface area contributed by atoms with E-state index >= 15 is 0 Å². The molecule has 0 fully saturated rings. The Balaban J connectivity index is 1.58. The van der Waals surface area contributed by atoms with E-state index in [-0.39, 0.29) is 17.8 Å². The van der Waals surface area contributed by atoms with Crippen molar-refractivity contribution in [3.05, 3.63) is 75.4 Å². The molecule has 0 saturated carbocycles. The van der Waals surface area contributed by atoms with Gasteiger partial charge in [0.1, 0.15) is 23.2 Å². The van der Waals surface area contributed by atoms with Gasteiger partial charge in [0.05, 0.1) is 0 Å². The maximum Gasteiger partial charge on any atom is 0.339 e. The number of carbonyl (C=O) groups is 2. The Hall–Kier alpha value is -3.48. The molecule has 0 aliphatic heterocycles. The second-order valence-electron chi connectivity index (χ2n) is 7.37. The SMILES string of the molecule is CC(=O)N[C@H](Cc1cccc(F)c1)C(=O)Oc1ccc2c3c(c(=O)oc2c1)CCC3. The third kappa shape index (κ3) is 4.10. The predicted octanol–water partition coefficient (Wildman–Crippen LogP) is 3.07. The van der Waals surface area contributed by atoms with Crippen LogP contribution in [0.15, 0.2) is 51.7 Å². The number of ether oxygens (including phenoxy) is 1. The second kappa shape index (κ2) is 8.10. The molecule has 1 heterocycles. The first kappa shape index (κ1) is 19.8. The molecule has 1 N–H and O–H groups in total. The molecule has 0 unspecified atom stereocenters.